The van der Waals surface area contributed by atoms with Crippen molar-refractivity contribution in [3.05, 3.63) is 42.1 Å². The lowest BCUT2D eigenvalue weighted by Gasteiger charge is -2.35. The number of methoxy groups -OCH3 is 1. The van der Waals surface area contributed by atoms with Gasteiger partial charge >= 0.3 is 0 Å². The maximum atomic E-state index is 12.9. The van der Waals surface area contributed by atoms with Gasteiger partial charge in [-0.1, -0.05) is 0 Å². The number of hydrogen-bond acceptors (Lipinski definition) is 8. The first-order chi connectivity index (χ1) is 15.6. The molecule has 9 nitrogen and oxygen atoms in total. The van der Waals surface area contributed by atoms with E-state index >= 15 is 0 Å². The number of aromatic nitrogens is 1. The van der Waals surface area contributed by atoms with E-state index in [-0.39, 0.29) is 18.4 Å². The zero-order chi connectivity index (χ0) is 22.5. The number of amides is 2. The molecule has 0 spiro atoms. The van der Waals surface area contributed by atoms with Gasteiger partial charge < -0.3 is 20.1 Å². The Kier molecular flexibility index (Phi) is 6.75. The normalized spacial score (nSPS) is 17.0. The van der Waals surface area contributed by atoms with Crippen molar-refractivity contribution in [2.24, 2.45) is 0 Å². The molecule has 9 heteroatoms. The van der Waals surface area contributed by atoms with Crippen LogP contribution in [0.2, 0.25) is 0 Å². The maximum Gasteiger partial charge on any atom is 0.267 e. The Morgan fingerprint density at radius 2 is 1.88 bits per heavy atom. The van der Waals surface area contributed by atoms with Gasteiger partial charge in [-0.2, -0.15) is 0 Å². The largest absolute Gasteiger partial charge is 0.497 e. The van der Waals surface area contributed by atoms with Crippen LogP contribution in [0.5, 0.6) is 11.5 Å². The molecule has 1 aromatic heterocycles. The van der Waals surface area contributed by atoms with Crippen LogP contribution in [0.25, 0.3) is 0 Å². The lowest BCUT2D eigenvalue weighted by atomic mass is 10.1. The molecule has 0 unspecified atom stereocenters. The van der Waals surface area contributed by atoms with E-state index in [1.807, 2.05) is 12.1 Å². The molecule has 4 rings (SSSR count). The summed E-state index contributed by atoms with van der Waals surface area (Å²) in [5.74, 6) is 1.18. The van der Waals surface area contributed by atoms with Crippen LogP contribution in [-0.4, -0.2) is 79.6 Å². The van der Waals surface area contributed by atoms with Crippen molar-refractivity contribution in [1.82, 2.24) is 14.8 Å². The van der Waals surface area contributed by atoms with Crippen molar-refractivity contribution in [3.8, 4) is 11.5 Å². The van der Waals surface area contributed by atoms with E-state index in [0.717, 1.165) is 51.4 Å². The number of ether oxygens (including phenoxy) is 2. The van der Waals surface area contributed by atoms with Gasteiger partial charge in [-0.3, -0.25) is 19.4 Å². The van der Waals surface area contributed by atoms with Crippen molar-refractivity contribution in [3.63, 3.8) is 0 Å². The number of carbonyl (C=O) groups excluding carboxylic acids is 2. The molecule has 1 fully saturated rings. The Hall–Kier alpha value is -3.33. The summed E-state index contributed by atoms with van der Waals surface area (Å²) >= 11 is 0. The van der Waals surface area contributed by atoms with E-state index in [1.165, 1.54) is 12.0 Å². The van der Waals surface area contributed by atoms with E-state index in [4.69, 9.17) is 15.2 Å². The Morgan fingerprint density at radius 3 is 2.62 bits per heavy atom. The van der Waals surface area contributed by atoms with Gasteiger partial charge in [0.25, 0.3) is 11.8 Å². The second-order valence-electron chi connectivity index (χ2n) is 7.95. The number of nitrogens with two attached hydrogens (primary N) is 1. The quantitative estimate of drug-likeness (QED) is 0.513. The average Bonchev–Trinajstić information content (AvgIpc) is 2.93. The predicted octanol–water partition coefficient (Wildman–Crippen LogP) is 1.64. The summed E-state index contributed by atoms with van der Waals surface area (Å²) in [6.07, 6.45) is 3.40. The molecule has 2 N–H and O–H groups in total. The van der Waals surface area contributed by atoms with E-state index in [1.54, 1.807) is 24.4 Å². The number of carbonyl (C=O) groups is 2. The summed E-state index contributed by atoms with van der Waals surface area (Å²) in [6, 6.07) is 8.72. The maximum absolute atomic E-state index is 12.9. The molecule has 1 aromatic carbocycles. The molecule has 0 atom stereocenters. The molecular formula is C23H29N5O4. The number of nitrogens with zero attached hydrogens (tertiary/aromatic N) is 4. The number of piperazine rings is 1. The smallest absolute Gasteiger partial charge is 0.267 e. The number of pyridine rings is 1. The minimum Gasteiger partial charge on any atom is -0.497 e. The Labute approximate surface area is 187 Å². The fourth-order valence-corrected chi connectivity index (χ4v) is 4.09. The Morgan fingerprint density at radius 1 is 1.09 bits per heavy atom. The third-order valence-electron chi connectivity index (χ3n) is 5.91. The molecule has 0 radical (unpaired) electrons. The number of benzene rings is 1. The van der Waals surface area contributed by atoms with Crippen molar-refractivity contribution >= 4 is 23.3 Å². The molecule has 2 aliphatic rings. The lowest BCUT2D eigenvalue weighted by molar-refractivity contribution is -0.130. The summed E-state index contributed by atoms with van der Waals surface area (Å²) in [5.41, 5.74) is 7.11. The van der Waals surface area contributed by atoms with Crippen LogP contribution in [0, 0.1) is 0 Å². The number of anilines is 2. The molecule has 1 saturated heterocycles. The van der Waals surface area contributed by atoms with E-state index in [9.17, 15) is 9.59 Å². The van der Waals surface area contributed by atoms with Crippen molar-refractivity contribution in [2.75, 3.05) is 63.6 Å². The molecule has 0 saturated carbocycles. The van der Waals surface area contributed by atoms with Crippen LogP contribution in [0.1, 0.15) is 23.2 Å². The fraction of sp³-hybridized carbons (Fsp3) is 0.435. The molecule has 170 valence electrons. The molecule has 2 aliphatic heterocycles. The lowest BCUT2D eigenvalue weighted by Crippen LogP contribution is -2.47. The molecule has 0 bridgehead atoms. The predicted molar refractivity (Wildman–Crippen MR) is 121 cm³/mol. The van der Waals surface area contributed by atoms with E-state index in [0.29, 0.717) is 29.3 Å². The van der Waals surface area contributed by atoms with Gasteiger partial charge in [0.1, 0.15) is 11.5 Å². The second-order valence-corrected chi connectivity index (χ2v) is 7.95. The first kappa shape index (κ1) is 21.9. The van der Waals surface area contributed by atoms with E-state index < -0.39 is 0 Å². The van der Waals surface area contributed by atoms with Crippen molar-refractivity contribution in [1.29, 1.82) is 0 Å². The summed E-state index contributed by atoms with van der Waals surface area (Å²) in [4.78, 5) is 35.7. The zero-order valence-corrected chi connectivity index (χ0v) is 18.3. The summed E-state index contributed by atoms with van der Waals surface area (Å²) in [7, 11) is 1.54. The van der Waals surface area contributed by atoms with Crippen LogP contribution in [0.3, 0.4) is 0 Å². The minimum absolute atomic E-state index is 0.135. The number of unbranched alkanes of at least 4 members (excludes halogenated alkanes) is 1. The van der Waals surface area contributed by atoms with E-state index in [2.05, 4.69) is 14.8 Å². The number of imide groups is 1. The number of fused-ring (bicyclic) bond motifs is 1. The number of rotatable bonds is 7. The summed E-state index contributed by atoms with van der Waals surface area (Å²) in [6.45, 7) is 4.77. The highest BCUT2D eigenvalue weighted by Crippen LogP contribution is 2.28. The first-order valence-corrected chi connectivity index (χ1v) is 10.9. The van der Waals surface area contributed by atoms with Gasteiger partial charge in [0, 0.05) is 38.9 Å². The van der Waals surface area contributed by atoms with Gasteiger partial charge in [0.05, 0.1) is 18.4 Å². The van der Waals surface area contributed by atoms with Gasteiger partial charge in [-0.05, 0) is 49.7 Å². The molecular weight excluding hydrogens is 410 g/mol. The summed E-state index contributed by atoms with van der Waals surface area (Å²) < 4.78 is 10.7. The van der Waals surface area contributed by atoms with Gasteiger partial charge in [-0.25, -0.2) is 4.98 Å². The summed E-state index contributed by atoms with van der Waals surface area (Å²) in [5, 5.41) is 0. The number of hydrogen-bond donors (Lipinski definition) is 1. The van der Waals surface area contributed by atoms with Crippen LogP contribution < -0.4 is 20.1 Å². The molecule has 3 heterocycles. The zero-order valence-electron chi connectivity index (χ0n) is 18.3. The fourth-order valence-electron chi connectivity index (χ4n) is 4.09. The highest BCUT2D eigenvalue weighted by atomic mass is 16.5. The third-order valence-corrected chi connectivity index (χ3v) is 5.91. The Bertz CT molecular complexity index is 975. The van der Waals surface area contributed by atoms with Crippen LogP contribution >= 0.6 is 0 Å². The highest BCUT2D eigenvalue weighted by molar-refractivity contribution is 6.07. The highest BCUT2D eigenvalue weighted by Gasteiger charge is 2.29. The van der Waals surface area contributed by atoms with Crippen molar-refractivity contribution in [2.45, 2.75) is 12.8 Å². The Balaban J connectivity index is 1.26. The molecule has 32 heavy (non-hydrogen) atoms. The molecule has 2 aromatic rings. The van der Waals surface area contributed by atoms with Crippen LogP contribution in [0.15, 0.2) is 36.5 Å². The van der Waals surface area contributed by atoms with Gasteiger partial charge in [-0.15, -0.1) is 0 Å². The standard InChI is InChI=1S/C23H29N5O4/c1-31-17-6-7-20-18(15-17)23(30)28(21(29)16-32-20)10-3-2-9-26-11-13-27(14-12-26)22-19(24)5-4-8-25-22/h4-8,15H,2-3,9-14,16,24H2,1H3. The molecule has 0 aliphatic carbocycles. The minimum atomic E-state index is -0.331. The van der Waals surface area contributed by atoms with Gasteiger partial charge in [0.15, 0.2) is 12.4 Å². The monoisotopic (exact) mass is 439 g/mol. The number of nitrogen functional groups attached to an aromatic ring is 1. The SMILES string of the molecule is COc1ccc2c(c1)C(=O)N(CCCCN1CCN(c3ncccc3N)CC1)C(=O)CO2. The van der Waals surface area contributed by atoms with Gasteiger partial charge in [0.2, 0.25) is 0 Å². The van der Waals surface area contributed by atoms with Crippen LogP contribution in [-0.2, 0) is 4.79 Å². The second kappa shape index (κ2) is 9.86. The van der Waals surface area contributed by atoms with Crippen LogP contribution in [0.4, 0.5) is 11.5 Å². The topological polar surface area (TPSA) is 101 Å². The van der Waals surface area contributed by atoms with Crippen molar-refractivity contribution < 1.29 is 19.1 Å². The average molecular weight is 440 g/mol. The third kappa shape index (κ3) is 4.77. The first-order valence-electron chi connectivity index (χ1n) is 10.9. The molecule has 2 amide bonds.